The number of hydrogen-bond acceptors (Lipinski definition) is 5. The lowest BCUT2D eigenvalue weighted by molar-refractivity contribution is -0.385. The minimum Gasteiger partial charge on any atom is -0.502 e. The quantitative estimate of drug-likeness (QED) is 0.489. The Balaban J connectivity index is 2.34. The van der Waals surface area contributed by atoms with Crippen LogP contribution >= 0.6 is 15.9 Å². The number of benzene rings is 2. The molecule has 2 N–H and O–H groups in total. The number of phenols is 1. The van der Waals surface area contributed by atoms with Crippen molar-refractivity contribution in [3.63, 3.8) is 0 Å². The number of carbonyl (C=O) groups is 1. The molecule has 0 aliphatic carbocycles. The topological polar surface area (TPSA) is 113 Å². The van der Waals surface area contributed by atoms with E-state index in [1.54, 1.807) is 0 Å². The van der Waals surface area contributed by atoms with E-state index in [1.807, 2.05) is 0 Å². The first kappa shape index (κ1) is 15.6. The van der Waals surface area contributed by atoms with Crippen molar-refractivity contribution in [2.45, 2.75) is 0 Å². The summed E-state index contributed by atoms with van der Waals surface area (Å²) < 4.78 is 0.430. The summed E-state index contributed by atoms with van der Waals surface area (Å²) in [6.45, 7) is 0. The molecule has 0 aromatic heterocycles. The monoisotopic (exact) mass is 364 g/mol. The molecule has 0 unspecified atom stereocenters. The first-order valence-electron chi connectivity index (χ1n) is 5.93. The van der Waals surface area contributed by atoms with Crippen LogP contribution in [0.2, 0.25) is 0 Å². The molecule has 0 saturated carbocycles. The van der Waals surface area contributed by atoms with E-state index in [1.165, 1.54) is 42.6 Å². The van der Waals surface area contributed by atoms with Gasteiger partial charge in [0.2, 0.25) is 5.75 Å². The van der Waals surface area contributed by atoms with Gasteiger partial charge in [-0.2, -0.15) is 0 Å². The van der Waals surface area contributed by atoms with Gasteiger partial charge in [-0.05, 0) is 30.3 Å². The lowest BCUT2D eigenvalue weighted by Crippen LogP contribution is -1.94. The van der Waals surface area contributed by atoms with Gasteiger partial charge in [-0.3, -0.25) is 15.1 Å². The Kier molecular flexibility index (Phi) is 4.52. The maximum Gasteiger partial charge on any atom is 0.335 e. The number of rotatable bonds is 4. The van der Waals surface area contributed by atoms with Crippen LogP contribution in [0.4, 0.5) is 11.4 Å². The normalized spacial score (nSPS) is 10.8. The van der Waals surface area contributed by atoms with E-state index in [9.17, 15) is 20.0 Å². The van der Waals surface area contributed by atoms with Gasteiger partial charge in [0.15, 0.2) is 0 Å². The third-order valence-corrected chi connectivity index (χ3v) is 3.21. The minimum absolute atomic E-state index is 0.125. The third kappa shape index (κ3) is 3.47. The number of phenolic OH excluding ortho intramolecular Hbond substituents is 1. The number of nitro groups is 1. The number of nitrogens with zero attached hydrogens (tertiary/aromatic N) is 2. The number of aromatic hydroxyl groups is 1. The van der Waals surface area contributed by atoms with E-state index in [0.717, 1.165) is 0 Å². The Morgan fingerprint density at radius 1 is 1.27 bits per heavy atom. The van der Waals surface area contributed by atoms with Gasteiger partial charge in [-0.25, -0.2) is 4.79 Å². The second-order valence-electron chi connectivity index (χ2n) is 4.23. The molecule has 0 aliphatic rings. The highest BCUT2D eigenvalue weighted by atomic mass is 79.9. The van der Waals surface area contributed by atoms with Crippen LogP contribution in [0.5, 0.6) is 5.75 Å². The molecule has 0 atom stereocenters. The van der Waals surface area contributed by atoms with Gasteiger partial charge >= 0.3 is 11.7 Å². The summed E-state index contributed by atoms with van der Waals surface area (Å²) in [5.41, 5.74) is 0.312. The van der Waals surface area contributed by atoms with Crippen LogP contribution in [0, 0.1) is 10.1 Å². The van der Waals surface area contributed by atoms with Crippen molar-refractivity contribution in [1.82, 2.24) is 0 Å². The molecule has 7 nitrogen and oxygen atoms in total. The number of halogens is 1. The van der Waals surface area contributed by atoms with E-state index in [2.05, 4.69) is 20.9 Å². The zero-order valence-electron chi connectivity index (χ0n) is 10.9. The molecular weight excluding hydrogens is 356 g/mol. The van der Waals surface area contributed by atoms with Gasteiger partial charge in [0.1, 0.15) is 0 Å². The molecule has 22 heavy (non-hydrogen) atoms. The van der Waals surface area contributed by atoms with Crippen molar-refractivity contribution in [3.8, 4) is 5.75 Å². The van der Waals surface area contributed by atoms with Crippen molar-refractivity contribution in [2.24, 2.45) is 4.99 Å². The molecule has 0 spiro atoms. The van der Waals surface area contributed by atoms with Gasteiger partial charge in [0, 0.05) is 22.3 Å². The summed E-state index contributed by atoms with van der Waals surface area (Å²) in [5.74, 6) is -1.53. The van der Waals surface area contributed by atoms with Crippen molar-refractivity contribution in [1.29, 1.82) is 0 Å². The number of carboxylic acids is 1. The van der Waals surface area contributed by atoms with Crippen LogP contribution in [-0.2, 0) is 0 Å². The fourth-order valence-electron chi connectivity index (χ4n) is 1.68. The highest BCUT2D eigenvalue weighted by Gasteiger charge is 2.17. The first-order chi connectivity index (χ1) is 10.4. The molecule has 0 heterocycles. The van der Waals surface area contributed by atoms with Crippen LogP contribution in [0.25, 0.3) is 0 Å². The SMILES string of the molecule is O=C(O)c1ccc(/N=C/c2cc(Br)cc([N+](=O)[O-])c2O)cc1. The molecule has 8 heteroatoms. The molecule has 0 saturated heterocycles. The van der Waals surface area contributed by atoms with Crippen LogP contribution in [0.1, 0.15) is 15.9 Å². The minimum atomic E-state index is -1.05. The zero-order valence-corrected chi connectivity index (χ0v) is 12.5. The zero-order chi connectivity index (χ0) is 16.3. The molecule has 0 amide bonds. The Morgan fingerprint density at radius 2 is 1.91 bits per heavy atom. The van der Waals surface area contributed by atoms with E-state index >= 15 is 0 Å². The Morgan fingerprint density at radius 3 is 2.45 bits per heavy atom. The average Bonchev–Trinajstić information content (AvgIpc) is 2.47. The molecule has 0 fully saturated rings. The van der Waals surface area contributed by atoms with Gasteiger partial charge in [0.05, 0.1) is 16.2 Å². The van der Waals surface area contributed by atoms with Crippen LogP contribution in [0.15, 0.2) is 45.9 Å². The summed E-state index contributed by atoms with van der Waals surface area (Å²) in [6, 6.07) is 8.43. The number of carboxylic acid groups (broad SMARTS) is 1. The highest BCUT2D eigenvalue weighted by Crippen LogP contribution is 2.32. The maximum absolute atomic E-state index is 10.8. The fourth-order valence-corrected chi connectivity index (χ4v) is 2.14. The molecule has 2 aromatic carbocycles. The predicted octanol–water partition coefficient (Wildman–Crippen LogP) is 3.51. The average molecular weight is 365 g/mol. The second kappa shape index (κ2) is 6.35. The number of nitro benzene ring substituents is 1. The van der Waals surface area contributed by atoms with E-state index in [0.29, 0.717) is 10.2 Å². The summed E-state index contributed by atoms with van der Waals surface area (Å²) in [6.07, 6.45) is 1.27. The van der Waals surface area contributed by atoms with Gasteiger partial charge in [-0.15, -0.1) is 0 Å². The smallest absolute Gasteiger partial charge is 0.335 e. The largest absolute Gasteiger partial charge is 0.502 e. The van der Waals surface area contributed by atoms with Crippen LogP contribution in [0.3, 0.4) is 0 Å². The Bertz CT molecular complexity index is 772. The standard InChI is InChI=1S/C14H9BrN2O5/c15-10-5-9(13(18)12(6-10)17(21)22)7-16-11-3-1-8(2-4-11)14(19)20/h1-7,18H,(H,19,20)/b16-7+. The molecule has 0 radical (unpaired) electrons. The summed E-state index contributed by atoms with van der Waals surface area (Å²) in [7, 11) is 0. The lowest BCUT2D eigenvalue weighted by atomic mass is 10.2. The van der Waals surface area contributed by atoms with Gasteiger partial charge in [-0.1, -0.05) is 15.9 Å². The maximum atomic E-state index is 10.8. The van der Waals surface area contributed by atoms with Gasteiger partial charge in [0.25, 0.3) is 0 Å². The number of aliphatic imine (C=N–C) groups is 1. The molecule has 112 valence electrons. The molecule has 2 aromatic rings. The first-order valence-corrected chi connectivity index (χ1v) is 6.72. The predicted molar refractivity (Wildman–Crippen MR) is 83.1 cm³/mol. The fraction of sp³-hybridized carbons (Fsp3) is 0. The van der Waals surface area contributed by atoms with Gasteiger partial charge < -0.3 is 10.2 Å². The van der Waals surface area contributed by atoms with Crippen molar-refractivity contribution in [2.75, 3.05) is 0 Å². The van der Waals surface area contributed by atoms with Crippen LogP contribution < -0.4 is 0 Å². The van der Waals surface area contributed by atoms with E-state index in [4.69, 9.17) is 5.11 Å². The van der Waals surface area contributed by atoms with E-state index < -0.39 is 22.3 Å². The molecule has 0 aliphatic heterocycles. The molecule has 2 rings (SSSR count). The molecular formula is C14H9BrN2O5. The van der Waals surface area contributed by atoms with E-state index in [-0.39, 0.29) is 11.1 Å². The summed E-state index contributed by atoms with van der Waals surface area (Å²) in [4.78, 5) is 24.9. The van der Waals surface area contributed by atoms with Crippen LogP contribution in [-0.4, -0.2) is 27.3 Å². The van der Waals surface area contributed by atoms with Crippen molar-refractivity contribution < 1.29 is 19.9 Å². The van der Waals surface area contributed by atoms with Crippen molar-refractivity contribution in [3.05, 3.63) is 62.1 Å². The summed E-state index contributed by atoms with van der Waals surface area (Å²) >= 11 is 3.12. The molecule has 0 bridgehead atoms. The number of hydrogen-bond donors (Lipinski definition) is 2. The Labute approximate surface area is 132 Å². The number of aromatic carboxylic acids is 1. The highest BCUT2D eigenvalue weighted by molar-refractivity contribution is 9.10. The van der Waals surface area contributed by atoms with Crippen molar-refractivity contribution >= 4 is 39.5 Å². The summed E-state index contributed by atoms with van der Waals surface area (Å²) in [5, 5.41) is 29.5. The Hall–Kier alpha value is -2.74. The lowest BCUT2D eigenvalue weighted by Gasteiger charge is -2.02. The third-order valence-electron chi connectivity index (χ3n) is 2.75. The second-order valence-corrected chi connectivity index (χ2v) is 5.15.